The van der Waals surface area contributed by atoms with Crippen LogP contribution in [0.3, 0.4) is 0 Å². The normalized spacial score (nSPS) is 10.7. The van der Waals surface area contributed by atoms with Gasteiger partial charge in [-0.2, -0.15) is 14.9 Å². The Balaban J connectivity index is 1.98. The number of alkyl halides is 1. The van der Waals surface area contributed by atoms with Crippen LogP contribution in [0.15, 0.2) is 65.6 Å². The van der Waals surface area contributed by atoms with Crippen LogP contribution in [0.1, 0.15) is 16.8 Å². The first kappa shape index (κ1) is 20.8. The van der Waals surface area contributed by atoms with Crippen molar-refractivity contribution in [3.63, 3.8) is 0 Å². The predicted molar refractivity (Wildman–Crippen MR) is 115 cm³/mol. The van der Waals surface area contributed by atoms with Crippen molar-refractivity contribution in [2.45, 2.75) is 13.6 Å². The van der Waals surface area contributed by atoms with Gasteiger partial charge in [0.15, 0.2) is 0 Å². The predicted octanol–water partition coefficient (Wildman–Crippen LogP) is 3.76. The zero-order chi connectivity index (χ0) is 22.8. The molecule has 4 aromatic rings. The molecule has 2 aromatic carbocycles. The van der Waals surface area contributed by atoms with Crippen molar-refractivity contribution in [1.82, 2.24) is 18.9 Å². The summed E-state index contributed by atoms with van der Waals surface area (Å²) in [5.41, 5.74) is 2.52. The van der Waals surface area contributed by atoms with E-state index in [4.69, 9.17) is 10.00 Å². The summed E-state index contributed by atoms with van der Waals surface area (Å²) in [6, 6.07) is 16.9. The zero-order valence-electron chi connectivity index (χ0n) is 17.3. The van der Waals surface area contributed by atoms with Gasteiger partial charge in [0.25, 0.3) is 0 Å². The number of hydrogen-bond donors (Lipinski definition) is 0. The van der Waals surface area contributed by atoms with Crippen molar-refractivity contribution in [2.24, 2.45) is 0 Å². The molecule has 0 fully saturated rings. The van der Waals surface area contributed by atoms with Crippen LogP contribution in [0.2, 0.25) is 0 Å². The molecule has 9 heteroatoms. The van der Waals surface area contributed by atoms with E-state index in [-0.39, 0.29) is 5.69 Å². The number of rotatable bonds is 4. The largest absolute Gasteiger partial charge is 0.452 e. The highest BCUT2D eigenvalue weighted by Crippen LogP contribution is 2.27. The number of halogens is 1. The van der Waals surface area contributed by atoms with Crippen molar-refractivity contribution in [3.8, 4) is 28.8 Å². The van der Waals surface area contributed by atoms with Gasteiger partial charge in [0.1, 0.15) is 12.4 Å². The molecule has 2 aromatic heterocycles. The Morgan fingerprint density at radius 3 is 2.56 bits per heavy atom. The van der Waals surface area contributed by atoms with E-state index in [1.54, 1.807) is 72.4 Å². The highest BCUT2D eigenvalue weighted by Gasteiger charge is 2.27. The van der Waals surface area contributed by atoms with Gasteiger partial charge in [-0.05, 0) is 55.0 Å². The summed E-state index contributed by atoms with van der Waals surface area (Å²) in [5.74, 6) is 0. The lowest BCUT2D eigenvalue weighted by Gasteiger charge is -2.10. The molecule has 0 radical (unpaired) electrons. The fourth-order valence-corrected chi connectivity index (χ4v) is 3.62. The minimum absolute atomic E-state index is 0.286. The summed E-state index contributed by atoms with van der Waals surface area (Å²) in [6.45, 7) is 1.01. The molecule has 32 heavy (non-hydrogen) atoms. The van der Waals surface area contributed by atoms with Crippen molar-refractivity contribution >= 4 is 6.09 Å². The molecule has 0 saturated carbocycles. The van der Waals surface area contributed by atoms with Gasteiger partial charge < -0.3 is 4.74 Å². The lowest BCUT2D eigenvalue weighted by Crippen LogP contribution is -2.29. The summed E-state index contributed by atoms with van der Waals surface area (Å²) in [4.78, 5) is 25.9. The van der Waals surface area contributed by atoms with Crippen LogP contribution in [-0.4, -0.2) is 32.1 Å². The Labute approximate surface area is 182 Å². The van der Waals surface area contributed by atoms with Crippen LogP contribution in [0.5, 0.6) is 0 Å². The molecule has 0 aliphatic carbocycles. The molecule has 0 unspecified atom stereocenters. The quantitative estimate of drug-likeness (QED) is 0.490. The number of carbonyl (C=O) groups excluding carboxylic acids is 1. The van der Waals surface area contributed by atoms with Crippen LogP contribution in [0.25, 0.3) is 22.8 Å². The highest BCUT2D eigenvalue weighted by atomic mass is 19.1. The fraction of sp³-hybridized carbons (Fsp3) is 0.130. The molecule has 0 bridgehead atoms. The minimum atomic E-state index is -0.860. The SMILES string of the molecule is COC(=O)n1c(-c2ccnn2-c2ccc(C#N)cc2)c(C)n(-c2cccc(CF)c2)c1=O. The van der Waals surface area contributed by atoms with E-state index in [2.05, 4.69) is 11.2 Å². The number of aromatic nitrogens is 4. The summed E-state index contributed by atoms with van der Waals surface area (Å²) < 4.78 is 21.9. The molecule has 0 aliphatic heterocycles. The number of benzene rings is 2. The minimum Gasteiger partial charge on any atom is -0.452 e. The Bertz CT molecular complexity index is 1410. The summed E-state index contributed by atoms with van der Waals surface area (Å²) >= 11 is 0. The smallest absolute Gasteiger partial charge is 0.422 e. The van der Waals surface area contributed by atoms with Crippen LogP contribution in [0, 0.1) is 18.3 Å². The van der Waals surface area contributed by atoms with Gasteiger partial charge in [-0.25, -0.2) is 18.7 Å². The molecule has 0 saturated heterocycles. The molecule has 0 aliphatic rings. The van der Waals surface area contributed by atoms with Gasteiger partial charge in [0.2, 0.25) is 0 Å². The first-order chi connectivity index (χ1) is 15.5. The van der Waals surface area contributed by atoms with Gasteiger partial charge in [-0.1, -0.05) is 12.1 Å². The number of carbonyl (C=O) groups is 1. The van der Waals surface area contributed by atoms with Gasteiger partial charge in [-0.3, -0.25) is 4.57 Å². The highest BCUT2D eigenvalue weighted by molar-refractivity contribution is 5.79. The van der Waals surface area contributed by atoms with Crippen LogP contribution < -0.4 is 5.69 Å². The van der Waals surface area contributed by atoms with Crippen molar-refractivity contribution < 1.29 is 13.9 Å². The standard InChI is InChI=1S/C23H18FN5O3/c1-15-21(20-10-11-26-29(20)18-8-6-16(14-25)7-9-18)28(23(31)32-2)22(30)27(15)19-5-3-4-17(12-19)13-24/h3-12H,13H2,1-2H3. The molecule has 0 amide bonds. The van der Waals surface area contributed by atoms with Crippen molar-refractivity contribution in [1.29, 1.82) is 5.26 Å². The Morgan fingerprint density at radius 2 is 1.91 bits per heavy atom. The molecular formula is C23H18FN5O3. The average molecular weight is 431 g/mol. The van der Waals surface area contributed by atoms with Gasteiger partial charge >= 0.3 is 11.8 Å². The first-order valence-electron chi connectivity index (χ1n) is 9.63. The van der Waals surface area contributed by atoms with Crippen molar-refractivity contribution in [2.75, 3.05) is 7.11 Å². The third-order valence-corrected chi connectivity index (χ3v) is 5.09. The molecule has 0 N–H and O–H groups in total. The summed E-state index contributed by atoms with van der Waals surface area (Å²) in [5, 5.41) is 13.4. The van der Waals surface area contributed by atoms with E-state index >= 15 is 0 Å². The molecule has 0 atom stereocenters. The lowest BCUT2D eigenvalue weighted by atomic mass is 10.2. The van der Waals surface area contributed by atoms with E-state index in [1.807, 2.05) is 0 Å². The number of nitriles is 1. The summed E-state index contributed by atoms with van der Waals surface area (Å²) in [7, 11) is 1.19. The van der Waals surface area contributed by atoms with Gasteiger partial charge in [0.05, 0.1) is 47.7 Å². The maximum absolute atomic E-state index is 13.3. The van der Waals surface area contributed by atoms with Gasteiger partial charge in [-0.15, -0.1) is 0 Å². The lowest BCUT2D eigenvalue weighted by molar-refractivity contribution is 0.172. The second kappa shape index (κ2) is 8.35. The van der Waals surface area contributed by atoms with E-state index in [9.17, 15) is 14.0 Å². The molecule has 4 rings (SSSR count). The second-order valence-electron chi connectivity index (χ2n) is 6.95. The van der Waals surface area contributed by atoms with E-state index in [0.29, 0.717) is 33.9 Å². The molecule has 8 nitrogen and oxygen atoms in total. The molecule has 2 heterocycles. The topological polar surface area (TPSA) is 94.8 Å². The maximum atomic E-state index is 13.3. The molecule has 0 spiro atoms. The Morgan fingerprint density at radius 1 is 1.16 bits per heavy atom. The maximum Gasteiger partial charge on any atom is 0.422 e. The summed E-state index contributed by atoms with van der Waals surface area (Å²) in [6.07, 6.45) is 0.682. The Kier molecular flexibility index (Phi) is 5.43. The number of hydrogen-bond acceptors (Lipinski definition) is 5. The number of methoxy groups -OCH3 is 1. The van der Waals surface area contributed by atoms with Crippen LogP contribution >= 0.6 is 0 Å². The second-order valence-corrected chi connectivity index (χ2v) is 6.95. The molecule has 160 valence electrons. The number of imidazole rings is 1. The first-order valence-corrected chi connectivity index (χ1v) is 9.63. The number of ether oxygens (including phenoxy) is 1. The van der Waals surface area contributed by atoms with Crippen LogP contribution in [-0.2, 0) is 11.4 Å². The monoisotopic (exact) mass is 431 g/mol. The average Bonchev–Trinajstić information content (AvgIpc) is 3.40. The third kappa shape index (κ3) is 3.37. The van der Waals surface area contributed by atoms with E-state index < -0.39 is 18.5 Å². The van der Waals surface area contributed by atoms with Crippen molar-refractivity contribution in [3.05, 3.63) is 88.1 Å². The molecular weight excluding hydrogens is 413 g/mol. The number of nitrogens with zero attached hydrogens (tertiary/aromatic N) is 5. The Hall–Kier alpha value is -4.45. The zero-order valence-corrected chi connectivity index (χ0v) is 17.3. The van der Waals surface area contributed by atoms with E-state index in [1.165, 1.54) is 11.7 Å². The van der Waals surface area contributed by atoms with Gasteiger partial charge in [0, 0.05) is 0 Å². The van der Waals surface area contributed by atoms with Crippen LogP contribution in [0.4, 0.5) is 9.18 Å². The third-order valence-electron chi connectivity index (χ3n) is 5.09. The fourth-order valence-electron chi connectivity index (χ4n) is 3.62. The van der Waals surface area contributed by atoms with E-state index in [0.717, 1.165) is 4.57 Å².